The summed E-state index contributed by atoms with van der Waals surface area (Å²) in [6, 6.07) is 75.4. The van der Waals surface area contributed by atoms with E-state index in [1.165, 1.54) is 84.7 Å². The normalized spacial score (nSPS) is 13.3. The quantitative estimate of drug-likeness (QED) is 0.0489. The van der Waals surface area contributed by atoms with E-state index >= 15 is 0 Å². The standard InChI is InChI=1S/C21H21BN2O3S.C15H11BN2O3S.C13H18BBrO2.2C9H6N2S.2C8H4N2OS.C7H8BBrO2/c1-20(2)21(3,4)27-22(26-20)15-7-5-14(6-8-15)13-25-16-9-10-17-18(11-16)28-19(12-23)24-17;17-8-15-18-13-6-5-12(7-14(13)22-15)21-9-10-1-3-11(4-2-10)16(19)20;1-12(2)13(3,4)17-14(16-12)11-7-5-10(9-15)6-8-11;2*1-6-2-3-7-8(4-6)12-9(5-10)11-7;2*9-4-8-10-6-2-1-5(11)3-7(6)12-8;9-5-6-1-3-7(4-2-6)8(10)11/h5-11H,13H2,1-4H3;1-7,19-20H,9H2;5-8H,9H2,1-4H3;2*2-4H,1H3;2*1-3,11H;1-4,10-11H,5H2. The topological polar surface area (TPSA) is 397 Å². The fraction of sp³-hybridized carbons (Fsp3) is 0.200. The number of nitrogens with zero attached hydrogens (tertiary/aromatic N) is 12. The summed E-state index contributed by atoms with van der Waals surface area (Å²) in [6.07, 6.45) is 0. The minimum absolute atomic E-state index is 0.204. The number of aryl methyl sites for hydroxylation is 2. The third-order valence-corrected chi connectivity index (χ3v) is 26.6. The summed E-state index contributed by atoms with van der Waals surface area (Å²) in [5.74, 6) is 1.87. The molecule has 0 aliphatic carbocycles. The molecule has 632 valence electrons. The molecule has 0 spiro atoms. The Kier molecular flexibility index (Phi) is 32.6. The molecule has 10 aromatic carbocycles. The fourth-order valence-electron chi connectivity index (χ4n) is 11.6. The van der Waals surface area contributed by atoms with Crippen molar-refractivity contribution in [3.05, 3.63) is 270 Å². The number of benzene rings is 10. The van der Waals surface area contributed by atoms with Gasteiger partial charge in [-0.2, -0.15) is 31.6 Å². The number of phenolic OH excluding ortho intramolecular Hbond substituents is 2. The number of aromatic nitrogens is 6. The van der Waals surface area contributed by atoms with Crippen molar-refractivity contribution in [1.29, 1.82) is 31.6 Å². The van der Waals surface area contributed by atoms with E-state index in [2.05, 4.69) is 147 Å². The molecule has 36 heteroatoms. The first kappa shape index (κ1) is 95.2. The molecule has 126 heavy (non-hydrogen) atoms. The third kappa shape index (κ3) is 25.5. The molecule has 2 aliphatic rings. The number of fused-ring (bicyclic) bond motifs is 6. The van der Waals surface area contributed by atoms with Crippen LogP contribution in [0.5, 0.6) is 23.0 Å². The van der Waals surface area contributed by atoms with Gasteiger partial charge in [-0.05, 0) is 222 Å². The lowest BCUT2D eigenvalue weighted by molar-refractivity contribution is 0.00578. The molecule has 0 bridgehead atoms. The van der Waals surface area contributed by atoms with E-state index in [1.807, 2.05) is 153 Å². The number of aromatic hydroxyl groups is 2. The van der Waals surface area contributed by atoms with Gasteiger partial charge in [0.25, 0.3) is 0 Å². The zero-order valence-corrected chi connectivity index (χ0v) is 77.5. The predicted octanol–water partition coefficient (Wildman–Crippen LogP) is 17.3. The molecule has 18 rings (SSSR count). The monoisotopic (exact) mass is 1910 g/mol. The number of hydrogen-bond acceptors (Lipinski definition) is 30. The van der Waals surface area contributed by atoms with Gasteiger partial charge in [-0.25, -0.2) is 29.9 Å². The number of ether oxygens (including phenoxy) is 2. The molecule has 0 atom stereocenters. The van der Waals surface area contributed by atoms with Crippen molar-refractivity contribution in [1.82, 2.24) is 29.9 Å². The van der Waals surface area contributed by atoms with E-state index in [-0.39, 0.29) is 48.1 Å². The second kappa shape index (κ2) is 43.2. The Morgan fingerprint density at radius 1 is 0.333 bits per heavy atom. The van der Waals surface area contributed by atoms with Gasteiger partial charge < -0.3 is 58.4 Å². The van der Waals surface area contributed by atoms with Crippen molar-refractivity contribution in [2.45, 2.75) is 116 Å². The lowest BCUT2D eigenvalue weighted by Crippen LogP contribution is -2.41. The number of alkyl halides is 2. The van der Waals surface area contributed by atoms with E-state index in [1.54, 1.807) is 72.8 Å². The van der Waals surface area contributed by atoms with Crippen LogP contribution in [0.1, 0.15) is 119 Å². The van der Waals surface area contributed by atoms with Crippen LogP contribution in [-0.2, 0) is 42.5 Å². The molecule has 0 saturated carbocycles. The second-order valence-electron chi connectivity index (χ2n) is 30.0. The Morgan fingerprint density at radius 3 is 0.841 bits per heavy atom. The lowest BCUT2D eigenvalue weighted by atomic mass is 9.79. The number of hydrogen-bond donors (Lipinski definition) is 6. The van der Waals surface area contributed by atoms with E-state index < -0.39 is 14.2 Å². The number of thiazole rings is 6. The zero-order chi connectivity index (χ0) is 90.6. The Balaban J connectivity index is 0.000000143. The number of nitriles is 6. The smallest absolute Gasteiger partial charge is 0.494 e. The van der Waals surface area contributed by atoms with Crippen LogP contribution in [0, 0.1) is 81.8 Å². The van der Waals surface area contributed by atoms with Gasteiger partial charge in [-0.3, -0.25) is 0 Å². The van der Waals surface area contributed by atoms with E-state index in [4.69, 9.17) is 90.0 Å². The van der Waals surface area contributed by atoms with E-state index in [9.17, 15) is 0 Å². The minimum atomic E-state index is -1.46. The van der Waals surface area contributed by atoms with Gasteiger partial charge >= 0.3 is 28.5 Å². The summed E-state index contributed by atoms with van der Waals surface area (Å²) in [4.78, 5) is 24.7. The van der Waals surface area contributed by atoms with Crippen molar-refractivity contribution in [3.63, 3.8) is 0 Å². The van der Waals surface area contributed by atoms with Crippen LogP contribution in [0.15, 0.2) is 206 Å². The SMILES string of the molecule is CC1(C)OB(c2ccc(CBr)cc2)OC1(C)C.CC1(C)OB(c2ccc(COc3ccc4nc(C#N)sc4c3)cc2)OC1(C)C.Cc1ccc2nc(C#N)sc2c1.Cc1ccc2nc(C#N)sc2c1.N#Cc1nc2ccc(O)cc2s1.N#Cc1nc2ccc(O)cc2s1.N#Cc1nc2ccc(OCc3ccc(B(O)O)cc3)cc2s1.OB(O)c1ccc(CBr)cc1. The van der Waals surface area contributed by atoms with Crippen molar-refractivity contribution >= 4 is 212 Å². The first-order valence-electron chi connectivity index (χ1n) is 38.5. The first-order chi connectivity index (χ1) is 60.2. The predicted molar refractivity (Wildman–Crippen MR) is 510 cm³/mol. The van der Waals surface area contributed by atoms with Crippen LogP contribution in [0.4, 0.5) is 0 Å². The number of phenols is 2. The molecule has 2 aliphatic heterocycles. The van der Waals surface area contributed by atoms with E-state index in [0.29, 0.717) is 59.9 Å². The molecule has 0 radical (unpaired) electrons. The average Bonchev–Trinajstić information content (AvgIpc) is 1.63. The van der Waals surface area contributed by atoms with Crippen LogP contribution in [0.25, 0.3) is 61.3 Å². The summed E-state index contributed by atoms with van der Waals surface area (Å²) in [5, 5.41) is 110. The molecule has 2 fully saturated rings. The van der Waals surface area contributed by atoms with Crippen LogP contribution >= 0.6 is 99.9 Å². The van der Waals surface area contributed by atoms with Crippen molar-refractivity contribution < 1.29 is 58.4 Å². The summed E-state index contributed by atoms with van der Waals surface area (Å²) >= 11 is 14.9. The Morgan fingerprint density at radius 2 is 0.571 bits per heavy atom. The summed E-state index contributed by atoms with van der Waals surface area (Å²) in [6.45, 7) is 21.4. The average molecular weight is 1920 g/mol. The van der Waals surface area contributed by atoms with Gasteiger partial charge in [-0.1, -0.05) is 141 Å². The first-order valence-corrected chi connectivity index (χ1v) is 45.7. The van der Waals surface area contributed by atoms with Crippen molar-refractivity contribution in [3.8, 4) is 59.4 Å². The van der Waals surface area contributed by atoms with Gasteiger partial charge in [0.15, 0.2) is 30.0 Å². The van der Waals surface area contributed by atoms with Gasteiger partial charge in [0, 0.05) is 10.7 Å². The van der Waals surface area contributed by atoms with Gasteiger partial charge in [0.1, 0.15) is 72.6 Å². The van der Waals surface area contributed by atoms with E-state index in [0.717, 1.165) is 105 Å². The second-order valence-corrected chi connectivity index (χ2v) is 37.3. The summed E-state index contributed by atoms with van der Waals surface area (Å²) in [5.41, 5.74) is 13.5. The molecule has 6 aromatic heterocycles. The molecular weight excluding hydrogens is 1840 g/mol. The lowest BCUT2D eigenvalue weighted by Gasteiger charge is -2.32. The fourth-order valence-corrected chi connectivity index (χ4v) is 17.2. The zero-order valence-electron chi connectivity index (χ0n) is 69.5. The summed E-state index contributed by atoms with van der Waals surface area (Å²) < 4.78 is 41.5. The van der Waals surface area contributed by atoms with Crippen LogP contribution in [0.3, 0.4) is 0 Å². The van der Waals surface area contributed by atoms with Crippen LogP contribution < -0.4 is 31.3 Å². The molecule has 6 N–H and O–H groups in total. The van der Waals surface area contributed by atoms with Gasteiger partial charge in [0.05, 0.1) is 83.7 Å². The molecule has 0 unspecified atom stereocenters. The molecule has 2 saturated heterocycles. The van der Waals surface area contributed by atoms with Gasteiger partial charge in [-0.15, -0.1) is 68.0 Å². The molecule has 16 aromatic rings. The van der Waals surface area contributed by atoms with Crippen molar-refractivity contribution in [2.24, 2.45) is 0 Å². The Bertz CT molecular complexity index is 6360. The number of rotatable bonds is 12. The maximum absolute atomic E-state index is 9.11. The molecule has 0 amide bonds. The molecule has 8 heterocycles. The highest BCUT2D eigenvalue weighted by Gasteiger charge is 2.53. The minimum Gasteiger partial charge on any atom is -0.508 e. The van der Waals surface area contributed by atoms with Crippen LogP contribution in [-0.4, -0.2) is 111 Å². The Hall–Kier alpha value is -11.4. The number of halogens is 2. The van der Waals surface area contributed by atoms with Crippen molar-refractivity contribution in [2.75, 3.05) is 0 Å². The molecule has 24 nitrogen and oxygen atoms in total. The Labute approximate surface area is 769 Å². The molecular formula is C90H78B4Br2N12O12S6. The van der Waals surface area contributed by atoms with Crippen LogP contribution in [0.2, 0.25) is 0 Å². The maximum atomic E-state index is 9.11. The highest BCUT2D eigenvalue weighted by Crippen LogP contribution is 2.39. The maximum Gasteiger partial charge on any atom is 0.494 e. The third-order valence-electron chi connectivity index (χ3n) is 19.8. The highest BCUT2D eigenvalue weighted by atomic mass is 79.9. The van der Waals surface area contributed by atoms with Gasteiger partial charge in [0.2, 0.25) is 0 Å². The summed E-state index contributed by atoms with van der Waals surface area (Å²) in [7, 11) is -3.44. The largest absolute Gasteiger partial charge is 0.508 e. The highest BCUT2D eigenvalue weighted by molar-refractivity contribution is 9.08.